The van der Waals surface area contributed by atoms with Gasteiger partial charge in [-0.3, -0.25) is 10.1 Å². The van der Waals surface area contributed by atoms with E-state index in [-0.39, 0.29) is 10.4 Å². The third-order valence-electron chi connectivity index (χ3n) is 1.89. The first kappa shape index (κ1) is 14.5. The Morgan fingerprint density at radius 3 is 2.72 bits per heavy atom. The molecule has 0 saturated heterocycles. The van der Waals surface area contributed by atoms with Gasteiger partial charge in [-0.25, -0.2) is 0 Å². The fraction of sp³-hybridized carbons (Fsp3) is 0.300. The van der Waals surface area contributed by atoms with Crippen molar-refractivity contribution < 1.29 is 9.66 Å². The molecule has 8 heteroatoms. The van der Waals surface area contributed by atoms with Crippen LogP contribution in [0.2, 0.25) is 0 Å². The summed E-state index contributed by atoms with van der Waals surface area (Å²) in [5.74, 6) is 0.919. The first-order chi connectivity index (χ1) is 8.67. The minimum Gasteiger partial charge on any atom is -0.483 e. The Bertz CT molecular complexity index is 433. The smallest absolute Gasteiger partial charge is 0.269 e. The van der Waals surface area contributed by atoms with Gasteiger partial charge in [-0.15, -0.1) is 11.8 Å². The number of nitro benzene ring substituents is 1. The largest absolute Gasteiger partial charge is 0.483 e. The van der Waals surface area contributed by atoms with Gasteiger partial charge in [0, 0.05) is 12.1 Å². The Labute approximate surface area is 113 Å². The lowest BCUT2D eigenvalue weighted by atomic mass is 10.3. The van der Waals surface area contributed by atoms with E-state index in [0.717, 1.165) is 0 Å². The molecule has 0 aliphatic heterocycles. The summed E-state index contributed by atoms with van der Waals surface area (Å²) >= 11 is 2.92. The van der Waals surface area contributed by atoms with Gasteiger partial charge in [-0.2, -0.15) is 5.26 Å². The molecule has 0 aliphatic carbocycles. The van der Waals surface area contributed by atoms with E-state index in [1.165, 1.54) is 35.7 Å². The number of nitrogens with one attached hydrogen (secondary N) is 1. The number of rotatable bonds is 7. The van der Waals surface area contributed by atoms with E-state index in [4.69, 9.17) is 10.00 Å². The van der Waals surface area contributed by atoms with Crippen LogP contribution in [-0.2, 0) is 0 Å². The number of nitro groups is 1. The van der Waals surface area contributed by atoms with E-state index in [9.17, 15) is 10.1 Å². The molecule has 0 aliphatic rings. The standard InChI is InChI=1S/C10H11N3O3S2/c1-17-10(12-6-11)18-7-16-9-4-2-8(3-5-9)13(14)15/h2-5,10,12H,7H2,1H3. The Kier molecular flexibility index (Phi) is 6.18. The lowest BCUT2D eigenvalue weighted by Crippen LogP contribution is -2.17. The fourth-order valence-corrected chi connectivity index (χ4v) is 2.39. The molecule has 0 fully saturated rings. The third-order valence-corrected chi connectivity index (χ3v) is 4.10. The van der Waals surface area contributed by atoms with Crippen LogP contribution >= 0.6 is 23.5 Å². The number of thioether (sulfide) groups is 2. The molecular formula is C10H11N3O3S2. The Balaban J connectivity index is 2.39. The van der Waals surface area contributed by atoms with Gasteiger partial charge < -0.3 is 10.1 Å². The predicted octanol–water partition coefficient (Wildman–Crippen LogP) is 2.38. The number of hydrogen-bond acceptors (Lipinski definition) is 7. The van der Waals surface area contributed by atoms with Crippen LogP contribution in [0.3, 0.4) is 0 Å². The van der Waals surface area contributed by atoms with Gasteiger partial charge in [-0.1, -0.05) is 11.8 Å². The molecule has 0 spiro atoms. The summed E-state index contributed by atoms with van der Waals surface area (Å²) < 4.78 is 5.34. The zero-order valence-corrected chi connectivity index (χ0v) is 11.2. The van der Waals surface area contributed by atoms with Crippen LogP contribution in [0.5, 0.6) is 5.75 Å². The monoisotopic (exact) mass is 285 g/mol. The molecule has 1 atom stereocenters. The first-order valence-electron chi connectivity index (χ1n) is 4.83. The number of benzene rings is 1. The Morgan fingerprint density at radius 1 is 1.56 bits per heavy atom. The molecule has 1 aromatic carbocycles. The molecule has 0 amide bonds. The minimum atomic E-state index is -0.459. The molecule has 0 radical (unpaired) electrons. The summed E-state index contributed by atoms with van der Waals surface area (Å²) in [6.07, 6.45) is 3.75. The van der Waals surface area contributed by atoms with Gasteiger partial charge in [0.15, 0.2) is 6.19 Å². The zero-order valence-electron chi connectivity index (χ0n) is 9.53. The van der Waals surface area contributed by atoms with E-state index in [0.29, 0.717) is 11.7 Å². The molecule has 96 valence electrons. The second-order valence-corrected chi connectivity index (χ2v) is 5.29. The highest BCUT2D eigenvalue weighted by atomic mass is 32.2. The molecule has 1 N–H and O–H groups in total. The maximum atomic E-state index is 10.4. The second kappa shape index (κ2) is 7.68. The summed E-state index contributed by atoms with van der Waals surface area (Å²) in [4.78, 5) is 9.99. The average molecular weight is 285 g/mol. The van der Waals surface area contributed by atoms with Crippen LogP contribution in [0.4, 0.5) is 5.69 Å². The van der Waals surface area contributed by atoms with Gasteiger partial charge in [0.2, 0.25) is 0 Å². The fourth-order valence-electron chi connectivity index (χ4n) is 1.05. The molecule has 1 unspecified atom stereocenters. The summed E-state index contributed by atoms with van der Waals surface area (Å²) in [5, 5.41) is 21.5. The van der Waals surface area contributed by atoms with Gasteiger partial charge in [0.25, 0.3) is 5.69 Å². The molecule has 0 aromatic heterocycles. The third kappa shape index (κ3) is 4.73. The van der Waals surface area contributed by atoms with Gasteiger partial charge >= 0.3 is 0 Å². The van der Waals surface area contributed by atoms with Crippen LogP contribution in [0, 0.1) is 21.6 Å². The van der Waals surface area contributed by atoms with Crippen molar-refractivity contribution in [3.05, 3.63) is 34.4 Å². The highest BCUT2D eigenvalue weighted by Crippen LogP contribution is 2.21. The number of hydrogen-bond donors (Lipinski definition) is 1. The van der Waals surface area contributed by atoms with Crippen molar-refractivity contribution in [3.63, 3.8) is 0 Å². The molecule has 18 heavy (non-hydrogen) atoms. The van der Waals surface area contributed by atoms with Gasteiger partial charge in [0.05, 0.1) is 4.92 Å². The zero-order chi connectivity index (χ0) is 13.4. The summed E-state index contributed by atoms with van der Waals surface area (Å²) in [7, 11) is 0. The maximum absolute atomic E-state index is 10.4. The second-order valence-electron chi connectivity index (χ2n) is 3.00. The minimum absolute atomic E-state index is 0.0307. The average Bonchev–Trinajstić information content (AvgIpc) is 2.38. The quantitative estimate of drug-likeness (QED) is 0.270. The molecular weight excluding hydrogens is 274 g/mol. The lowest BCUT2D eigenvalue weighted by molar-refractivity contribution is -0.384. The van der Waals surface area contributed by atoms with E-state index >= 15 is 0 Å². The topological polar surface area (TPSA) is 88.2 Å². The molecule has 1 rings (SSSR count). The number of non-ortho nitro benzene ring substituents is 1. The van der Waals surface area contributed by atoms with Crippen molar-refractivity contribution in [1.29, 1.82) is 5.26 Å². The van der Waals surface area contributed by atoms with Crippen LogP contribution in [0.15, 0.2) is 24.3 Å². The summed E-state index contributed by atoms with van der Waals surface area (Å²) in [6.45, 7) is 0. The molecule has 6 nitrogen and oxygen atoms in total. The van der Waals surface area contributed by atoms with Gasteiger partial charge in [0.1, 0.15) is 16.4 Å². The Morgan fingerprint density at radius 2 is 2.22 bits per heavy atom. The molecule has 0 saturated carbocycles. The number of nitriles is 1. The predicted molar refractivity (Wildman–Crippen MR) is 72.2 cm³/mol. The van der Waals surface area contributed by atoms with Crippen LogP contribution in [0.1, 0.15) is 0 Å². The highest BCUT2D eigenvalue weighted by molar-refractivity contribution is 8.16. The van der Waals surface area contributed by atoms with Crippen LogP contribution in [0.25, 0.3) is 0 Å². The van der Waals surface area contributed by atoms with Crippen molar-refractivity contribution in [1.82, 2.24) is 5.32 Å². The maximum Gasteiger partial charge on any atom is 0.269 e. The first-order valence-corrected chi connectivity index (χ1v) is 7.17. The van der Waals surface area contributed by atoms with Crippen molar-refractivity contribution in [2.45, 2.75) is 4.71 Å². The highest BCUT2D eigenvalue weighted by Gasteiger charge is 2.07. The molecule has 1 aromatic rings. The van der Waals surface area contributed by atoms with E-state index < -0.39 is 4.92 Å². The number of nitrogens with zero attached hydrogens (tertiary/aromatic N) is 2. The van der Waals surface area contributed by atoms with Crippen molar-refractivity contribution in [3.8, 4) is 11.9 Å². The van der Waals surface area contributed by atoms with Crippen molar-refractivity contribution in [2.24, 2.45) is 0 Å². The lowest BCUT2D eigenvalue weighted by Gasteiger charge is -2.12. The van der Waals surface area contributed by atoms with Gasteiger partial charge in [-0.05, 0) is 18.4 Å². The van der Waals surface area contributed by atoms with E-state index in [1.807, 2.05) is 12.4 Å². The van der Waals surface area contributed by atoms with Crippen LogP contribution in [-0.4, -0.2) is 21.8 Å². The summed E-state index contributed by atoms with van der Waals surface area (Å²) in [6, 6.07) is 5.87. The van der Waals surface area contributed by atoms with E-state index in [2.05, 4.69) is 5.32 Å². The normalized spacial score (nSPS) is 11.3. The summed E-state index contributed by atoms with van der Waals surface area (Å²) in [5.41, 5.74) is 0.0307. The number of ether oxygens (including phenoxy) is 1. The van der Waals surface area contributed by atoms with Crippen LogP contribution < -0.4 is 10.1 Å². The molecule has 0 bridgehead atoms. The van der Waals surface area contributed by atoms with Crippen molar-refractivity contribution in [2.75, 3.05) is 12.2 Å². The van der Waals surface area contributed by atoms with E-state index in [1.54, 1.807) is 12.1 Å². The Hall–Kier alpha value is -1.59. The SMILES string of the molecule is CSC(NC#N)SCOc1ccc([N+](=O)[O-])cc1. The van der Waals surface area contributed by atoms with Crippen molar-refractivity contribution >= 4 is 29.2 Å². The molecule has 0 heterocycles.